The van der Waals surface area contributed by atoms with Crippen LogP contribution in [0.2, 0.25) is 0 Å². The fourth-order valence-corrected chi connectivity index (χ4v) is 7.13. The third-order valence-corrected chi connectivity index (χ3v) is 9.71. The number of amides is 2. The van der Waals surface area contributed by atoms with E-state index in [1.807, 2.05) is 48.5 Å². The van der Waals surface area contributed by atoms with Crippen LogP contribution in [0.25, 0.3) is 10.9 Å². The van der Waals surface area contributed by atoms with Crippen molar-refractivity contribution in [1.82, 2.24) is 10.2 Å². The highest BCUT2D eigenvalue weighted by molar-refractivity contribution is 6.13. The SMILES string of the molecule is CC(=O)N(c1cc(N2CCC(OCc3ccccc3)CC2)ccc1C(=O)Nc1n[nH]c2ccc(Cc3cc(F)cc(F)c3)cc12)C1CCOCC1. The molecule has 2 fully saturated rings. The number of carbonyl (C=O) groups excluding carboxylic acids is 2. The number of aromatic nitrogens is 2. The highest BCUT2D eigenvalue weighted by Gasteiger charge is 2.30. The van der Waals surface area contributed by atoms with Gasteiger partial charge < -0.3 is 24.6 Å². The molecule has 2 N–H and O–H groups in total. The van der Waals surface area contributed by atoms with Crippen LogP contribution in [0.1, 0.15) is 59.7 Å². The number of hydrogen-bond acceptors (Lipinski definition) is 6. The molecule has 11 heteroatoms. The number of carbonyl (C=O) groups is 2. The lowest BCUT2D eigenvalue weighted by atomic mass is 10.0. The van der Waals surface area contributed by atoms with Crippen LogP contribution in [-0.2, 0) is 27.3 Å². The Hall–Kier alpha value is -5.13. The first-order chi connectivity index (χ1) is 24.8. The molecule has 0 atom stereocenters. The van der Waals surface area contributed by atoms with Crippen molar-refractivity contribution >= 4 is 39.9 Å². The van der Waals surface area contributed by atoms with E-state index in [0.717, 1.165) is 48.8 Å². The number of anilines is 3. The number of ether oxygens (including phenoxy) is 2. The van der Waals surface area contributed by atoms with Crippen molar-refractivity contribution in [3.63, 3.8) is 0 Å². The van der Waals surface area contributed by atoms with Gasteiger partial charge in [-0.1, -0.05) is 36.4 Å². The predicted molar refractivity (Wildman–Crippen MR) is 193 cm³/mol. The normalized spacial score (nSPS) is 15.6. The molecule has 7 rings (SSSR count). The van der Waals surface area contributed by atoms with E-state index in [4.69, 9.17) is 9.47 Å². The first-order valence-electron chi connectivity index (χ1n) is 17.5. The number of fused-ring (bicyclic) bond motifs is 1. The first-order valence-corrected chi connectivity index (χ1v) is 17.5. The van der Waals surface area contributed by atoms with Crippen LogP contribution < -0.4 is 15.1 Å². The van der Waals surface area contributed by atoms with E-state index in [1.165, 1.54) is 19.1 Å². The molecule has 0 bridgehead atoms. The fraction of sp³-hybridized carbons (Fsp3) is 0.325. The summed E-state index contributed by atoms with van der Waals surface area (Å²) in [6, 6.07) is 24.7. The second-order valence-electron chi connectivity index (χ2n) is 13.3. The molecule has 0 saturated carbocycles. The largest absolute Gasteiger partial charge is 0.381 e. The van der Waals surface area contributed by atoms with Crippen LogP contribution in [0.3, 0.4) is 0 Å². The molecule has 2 aliphatic rings. The van der Waals surface area contributed by atoms with E-state index < -0.39 is 17.5 Å². The number of nitrogens with one attached hydrogen (secondary N) is 2. The molecule has 1 aromatic heterocycles. The quantitative estimate of drug-likeness (QED) is 0.158. The highest BCUT2D eigenvalue weighted by atomic mass is 19.1. The van der Waals surface area contributed by atoms with Gasteiger partial charge in [-0.05, 0) is 91.3 Å². The molecule has 264 valence electrons. The van der Waals surface area contributed by atoms with Crippen LogP contribution in [0.5, 0.6) is 0 Å². The molecule has 0 radical (unpaired) electrons. The number of benzene rings is 4. The average molecular weight is 694 g/mol. The Morgan fingerprint density at radius 3 is 2.37 bits per heavy atom. The maximum absolute atomic E-state index is 14.1. The third-order valence-electron chi connectivity index (χ3n) is 9.71. The molecule has 9 nitrogen and oxygen atoms in total. The van der Waals surface area contributed by atoms with E-state index >= 15 is 0 Å². The average Bonchev–Trinajstić information content (AvgIpc) is 3.53. The van der Waals surface area contributed by atoms with Gasteiger partial charge in [-0.3, -0.25) is 14.7 Å². The predicted octanol–water partition coefficient (Wildman–Crippen LogP) is 7.40. The fourth-order valence-electron chi connectivity index (χ4n) is 7.13. The van der Waals surface area contributed by atoms with Gasteiger partial charge in [0.05, 0.1) is 29.5 Å². The lowest BCUT2D eigenvalue weighted by Gasteiger charge is -2.37. The Morgan fingerprint density at radius 2 is 1.65 bits per heavy atom. The lowest BCUT2D eigenvalue weighted by molar-refractivity contribution is -0.117. The number of nitrogens with zero attached hydrogens (tertiary/aromatic N) is 3. The summed E-state index contributed by atoms with van der Waals surface area (Å²) in [6.07, 6.45) is 3.51. The molecule has 0 unspecified atom stereocenters. The molecule has 2 saturated heterocycles. The van der Waals surface area contributed by atoms with Gasteiger partial charge in [-0.2, -0.15) is 5.10 Å². The van der Waals surface area contributed by atoms with Gasteiger partial charge >= 0.3 is 0 Å². The highest BCUT2D eigenvalue weighted by Crippen LogP contribution is 2.34. The first kappa shape index (κ1) is 34.3. The number of hydrogen-bond donors (Lipinski definition) is 2. The van der Waals surface area contributed by atoms with Crippen molar-refractivity contribution in [2.45, 2.75) is 57.8 Å². The van der Waals surface area contributed by atoms with Gasteiger partial charge in [0.25, 0.3) is 5.91 Å². The lowest BCUT2D eigenvalue weighted by Crippen LogP contribution is -2.43. The third kappa shape index (κ3) is 8.10. The second-order valence-corrected chi connectivity index (χ2v) is 13.3. The molecule has 2 aliphatic heterocycles. The maximum Gasteiger partial charge on any atom is 0.259 e. The summed E-state index contributed by atoms with van der Waals surface area (Å²) in [7, 11) is 0. The Labute approximate surface area is 295 Å². The smallest absolute Gasteiger partial charge is 0.259 e. The summed E-state index contributed by atoms with van der Waals surface area (Å²) < 4.78 is 39.5. The van der Waals surface area contributed by atoms with Crippen molar-refractivity contribution in [2.75, 3.05) is 41.4 Å². The van der Waals surface area contributed by atoms with E-state index in [2.05, 4.69) is 32.5 Å². The Morgan fingerprint density at radius 1 is 0.902 bits per heavy atom. The summed E-state index contributed by atoms with van der Waals surface area (Å²) >= 11 is 0. The summed E-state index contributed by atoms with van der Waals surface area (Å²) in [5.74, 6) is -1.52. The summed E-state index contributed by atoms with van der Waals surface area (Å²) in [6.45, 7) is 4.76. The van der Waals surface area contributed by atoms with Gasteiger partial charge in [-0.15, -0.1) is 0 Å². The van der Waals surface area contributed by atoms with Crippen LogP contribution in [-0.4, -0.2) is 60.5 Å². The number of aromatic amines is 1. The molecule has 3 heterocycles. The maximum atomic E-state index is 14.1. The van der Waals surface area contributed by atoms with Gasteiger partial charge in [0, 0.05) is 56.4 Å². The van der Waals surface area contributed by atoms with Crippen LogP contribution in [0, 0.1) is 11.6 Å². The molecular weight excluding hydrogens is 652 g/mol. The van der Waals surface area contributed by atoms with E-state index in [9.17, 15) is 18.4 Å². The van der Waals surface area contributed by atoms with Crippen molar-refractivity contribution in [2.24, 2.45) is 0 Å². The number of halogens is 2. The topological polar surface area (TPSA) is 99.8 Å². The van der Waals surface area contributed by atoms with Gasteiger partial charge in [0.1, 0.15) is 11.6 Å². The molecule has 4 aromatic carbocycles. The minimum atomic E-state index is -0.637. The summed E-state index contributed by atoms with van der Waals surface area (Å²) in [4.78, 5) is 31.5. The minimum Gasteiger partial charge on any atom is -0.381 e. The van der Waals surface area contributed by atoms with Crippen molar-refractivity contribution < 1.29 is 27.8 Å². The van der Waals surface area contributed by atoms with Crippen molar-refractivity contribution in [3.8, 4) is 0 Å². The van der Waals surface area contributed by atoms with Crippen molar-refractivity contribution in [3.05, 3.63) is 119 Å². The Kier molecular flexibility index (Phi) is 10.4. The molecular formula is C40H41F2N5O4. The molecule has 0 spiro atoms. The molecule has 0 aliphatic carbocycles. The van der Waals surface area contributed by atoms with Gasteiger partial charge in [0.15, 0.2) is 5.82 Å². The summed E-state index contributed by atoms with van der Waals surface area (Å²) in [5, 5.41) is 11.0. The van der Waals surface area contributed by atoms with Crippen LogP contribution >= 0.6 is 0 Å². The van der Waals surface area contributed by atoms with Gasteiger partial charge in [0.2, 0.25) is 5.91 Å². The standard InChI is InChI=1S/C40H41F2N5O4/c1-26(48)47(32-13-17-50-18-14-32)38-24-33(46-15-11-34(12-16-46)51-25-27-5-3-2-4-6-27)8-9-35(38)40(49)43-39-36-22-28(7-10-37(36)44-45-39)19-29-20-30(41)23-31(42)21-29/h2-10,20-24,32,34H,11-19,25H2,1H3,(H2,43,44,45,49). The Balaban J connectivity index is 1.13. The van der Waals surface area contributed by atoms with Crippen LogP contribution in [0.15, 0.2) is 84.9 Å². The van der Waals surface area contributed by atoms with E-state index in [0.29, 0.717) is 72.6 Å². The Bertz CT molecular complexity index is 1990. The molecule has 5 aromatic rings. The second kappa shape index (κ2) is 15.4. The van der Waals surface area contributed by atoms with E-state index in [-0.39, 0.29) is 18.1 Å². The zero-order chi connectivity index (χ0) is 35.3. The molecule has 51 heavy (non-hydrogen) atoms. The van der Waals surface area contributed by atoms with Crippen LogP contribution in [0.4, 0.5) is 26.0 Å². The zero-order valence-electron chi connectivity index (χ0n) is 28.5. The monoisotopic (exact) mass is 693 g/mol. The zero-order valence-corrected chi connectivity index (χ0v) is 28.5. The minimum absolute atomic E-state index is 0.114. The number of piperidine rings is 1. The number of H-pyrrole nitrogens is 1. The van der Waals surface area contributed by atoms with Crippen molar-refractivity contribution in [1.29, 1.82) is 0 Å². The van der Waals surface area contributed by atoms with Gasteiger partial charge in [-0.25, -0.2) is 8.78 Å². The van der Waals surface area contributed by atoms with E-state index in [1.54, 1.807) is 11.0 Å². The number of rotatable bonds is 10. The summed E-state index contributed by atoms with van der Waals surface area (Å²) in [5.41, 5.74) is 4.96. The molecule has 2 amide bonds.